The number of hydrogen-bond donors (Lipinski definition) is 0. The Morgan fingerprint density at radius 1 is 0.750 bits per heavy atom. The van der Waals surface area contributed by atoms with Crippen molar-refractivity contribution in [3.8, 4) is 28.7 Å². The molecule has 10 heteroatoms. The summed E-state index contributed by atoms with van der Waals surface area (Å²) in [6, 6.07) is 8.76. The largest absolute Gasteiger partial charge is 0.493 e. The van der Waals surface area contributed by atoms with Gasteiger partial charge in [0.05, 0.1) is 35.5 Å². The Morgan fingerprint density at radius 3 is 1.92 bits per heavy atom. The highest BCUT2D eigenvalue weighted by molar-refractivity contribution is 7.89. The van der Waals surface area contributed by atoms with E-state index in [0.29, 0.717) is 30.2 Å². The van der Waals surface area contributed by atoms with E-state index in [0.717, 1.165) is 25.1 Å². The number of likely N-dealkylation sites (N-methyl/N-ethyl adjacent to an activating group) is 1. The molecular formula is C26H40N2O7S. The number of nitrogens with zero attached hydrogens (tertiary/aromatic N) is 2. The first-order valence-corrected chi connectivity index (χ1v) is 13.3. The highest BCUT2D eigenvalue weighted by Crippen LogP contribution is 2.42. The zero-order valence-electron chi connectivity index (χ0n) is 22.7. The quantitative estimate of drug-likeness (QED) is 0.349. The molecule has 36 heavy (non-hydrogen) atoms. The molecule has 0 spiro atoms. The molecule has 0 radical (unpaired) electrons. The maximum absolute atomic E-state index is 13.6. The molecule has 0 atom stereocenters. The van der Waals surface area contributed by atoms with E-state index in [9.17, 15) is 8.42 Å². The second kappa shape index (κ2) is 13.6. The van der Waals surface area contributed by atoms with Gasteiger partial charge in [0.2, 0.25) is 15.8 Å². The molecule has 202 valence electrons. The molecule has 0 amide bonds. The molecule has 2 rings (SSSR count). The van der Waals surface area contributed by atoms with E-state index in [1.54, 1.807) is 20.3 Å². The molecule has 0 unspecified atom stereocenters. The summed E-state index contributed by atoms with van der Waals surface area (Å²) in [5.74, 6) is 2.20. The van der Waals surface area contributed by atoms with E-state index >= 15 is 0 Å². The molecular weight excluding hydrogens is 484 g/mol. The van der Waals surface area contributed by atoms with Gasteiger partial charge in [0.15, 0.2) is 23.0 Å². The molecule has 0 heterocycles. The smallest absolute Gasteiger partial charge is 0.247 e. The van der Waals surface area contributed by atoms with Gasteiger partial charge in [-0.05, 0) is 70.1 Å². The number of rotatable bonds is 15. The lowest BCUT2D eigenvalue weighted by Crippen LogP contribution is -2.39. The van der Waals surface area contributed by atoms with E-state index < -0.39 is 10.0 Å². The molecule has 2 aromatic rings. The van der Waals surface area contributed by atoms with Gasteiger partial charge in [-0.15, -0.1) is 0 Å². The van der Waals surface area contributed by atoms with Crippen molar-refractivity contribution < 1.29 is 32.1 Å². The average Bonchev–Trinajstić information content (AvgIpc) is 2.87. The van der Waals surface area contributed by atoms with Crippen molar-refractivity contribution >= 4 is 10.0 Å². The van der Waals surface area contributed by atoms with Crippen LogP contribution in [-0.2, 0) is 16.4 Å². The summed E-state index contributed by atoms with van der Waals surface area (Å²) in [6.45, 7) is 5.68. The van der Waals surface area contributed by atoms with Crippen LogP contribution in [0.2, 0.25) is 0 Å². The molecule has 2 aromatic carbocycles. The van der Waals surface area contributed by atoms with Gasteiger partial charge in [-0.25, -0.2) is 8.42 Å². The molecule has 0 N–H and O–H groups in total. The topological polar surface area (TPSA) is 86.8 Å². The Kier molecular flexibility index (Phi) is 11.1. The summed E-state index contributed by atoms with van der Waals surface area (Å²) < 4.78 is 55.6. The summed E-state index contributed by atoms with van der Waals surface area (Å²) in [5.41, 5.74) is 1.14. The minimum Gasteiger partial charge on any atom is -0.493 e. The Hall–Kier alpha value is -2.69. The number of sulfonamides is 1. The first kappa shape index (κ1) is 29.5. The molecule has 0 aliphatic heterocycles. The van der Waals surface area contributed by atoms with Gasteiger partial charge in [0.1, 0.15) is 4.90 Å². The fraction of sp³-hybridized carbons (Fsp3) is 0.538. The molecule has 0 aliphatic carbocycles. The number of hydrogen-bond acceptors (Lipinski definition) is 8. The highest BCUT2D eigenvalue weighted by atomic mass is 32.2. The van der Waals surface area contributed by atoms with E-state index in [4.69, 9.17) is 23.7 Å². The van der Waals surface area contributed by atoms with Crippen LogP contribution in [0.1, 0.15) is 25.8 Å². The average molecular weight is 525 g/mol. The molecule has 0 saturated carbocycles. The number of benzene rings is 2. The third-order valence-corrected chi connectivity index (χ3v) is 8.08. The van der Waals surface area contributed by atoms with Crippen LogP contribution < -0.4 is 23.7 Å². The first-order valence-electron chi connectivity index (χ1n) is 11.8. The third-order valence-electron chi connectivity index (χ3n) is 5.98. The monoisotopic (exact) mass is 524 g/mol. The summed E-state index contributed by atoms with van der Waals surface area (Å²) in [4.78, 5) is 2.25. The van der Waals surface area contributed by atoms with Crippen molar-refractivity contribution in [3.05, 3.63) is 35.9 Å². The summed E-state index contributed by atoms with van der Waals surface area (Å²) >= 11 is 0. The van der Waals surface area contributed by atoms with Crippen LogP contribution >= 0.6 is 0 Å². The molecule has 0 aliphatic rings. The summed E-state index contributed by atoms with van der Waals surface area (Å²) in [7, 11) is 5.80. The number of ether oxygens (including phenoxy) is 5. The van der Waals surface area contributed by atoms with E-state index in [-0.39, 0.29) is 22.4 Å². The molecule has 0 bridgehead atoms. The lowest BCUT2D eigenvalue weighted by Gasteiger charge is -2.28. The number of methoxy groups -OCH3 is 5. The maximum Gasteiger partial charge on any atom is 0.247 e. The van der Waals surface area contributed by atoms with Gasteiger partial charge in [-0.1, -0.05) is 6.07 Å². The minimum absolute atomic E-state index is 0.0538. The van der Waals surface area contributed by atoms with Crippen molar-refractivity contribution in [2.45, 2.75) is 37.6 Å². The summed E-state index contributed by atoms with van der Waals surface area (Å²) in [6.07, 6.45) is 1.52. The summed E-state index contributed by atoms with van der Waals surface area (Å²) in [5, 5.41) is 0. The van der Waals surface area contributed by atoms with Gasteiger partial charge in [-0.3, -0.25) is 0 Å². The van der Waals surface area contributed by atoms with Crippen LogP contribution in [0.25, 0.3) is 0 Å². The Bertz CT molecular complexity index is 1090. The Balaban J connectivity index is 2.07. The molecule has 9 nitrogen and oxygen atoms in total. The van der Waals surface area contributed by atoms with Crippen molar-refractivity contribution in [1.82, 2.24) is 9.21 Å². The highest BCUT2D eigenvalue weighted by Gasteiger charge is 2.32. The van der Waals surface area contributed by atoms with Crippen LogP contribution in [0.3, 0.4) is 0 Å². The lowest BCUT2D eigenvalue weighted by molar-refractivity contribution is 0.291. The van der Waals surface area contributed by atoms with Crippen LogP contribution in [-0.4, -0.2) is 85.9 Å². The van der Waals surface area contributed by atoms with Gasteiger partial charge < -0.3 is 28.6 Å². The maximum atomic E-state index is 13.6. The van der Waals surface area contributed by atoms with Crippen molar-refractivity contribution in [1.29, 1.82) is 0 Å². The van der Waals surface area contributed by atoms with Gasteiger partial charge in [0, 0.05) is 19.1 Å². The Morgan fingerprint density at radius 2 is 1.36 bits per heavy atom. The van der Waals surface area contributed by atoms with E-state index in [1.165, 1.54) is 31.7 Å². The lowest BCUT2D eigenvalue weighted by atomic mass is 10.1. The minimum atomic E-state index is -3.84. The fourth-order valence-electron chi connectivity index (χ4n) is 4.02. The van der Waals surface area contributed by atoms with Crippen molar-refractivity contribution in [2.75, 3.05) is 62.2 Å². The first-order chi connectivity index (χ1) is 17.1. The van der Waals surface area contributed by atoms with Gasteiger partial charge in [0.25, 0.3) is 0 Å². The van der Waals surface area contributed by atoms with Crippen LogP contribution in [0, 0.1) is 0 Å². The zero-order valence-corrected chi connectivity index (χ0v) is 23.5. The molecule has 0 aromatic heterocycles. The fourth-order valence-corrected chi connectivity index (χ4v) is 5.85. The van der Waals surface area contributed by atoms with E-state index in [1.807, 2.05) is 39.1 Å². The van der Waals surface area contributed by atoms with Gasteiger partial charge >= 0.3 is 0 Å². The Labute approximate surface area is 215 Å². The van der Waals surface area contributed by atoms with E-state index in [2.05, 4.69) is 4.90 Å². The molecule has 0 fully saturated rings. The zero-order chi connectivity index (χ0) is 26.9. The normalized spacial score (nSPS) is 11.8. The van der Waals surface area contributed by atoms with Gasteiger partial charge in [-0.2, -0.15) is 4.31 Å². The second-order valence-electron chi connectivity index (χ2n) is 8.64. The van der Waals surface area contributed by atoms with Crippen LogP contribution in [0.4, 0.5) is 0 Å². The predicted octanol–water partition coefficient (Wildman–Crippen LogP) is 3.69. The second-order valence-corrected chi connectivity index (χ2v) is 10.5. The molecule has 0 saturated heterocycles. The van der Waals surface area contributed by atoms with Crippen molar-refractivity contribution in [3.63, 3.8) is 0 Å². The third kappa shape index (κ3) is 6.96. The van der Waals surface area contributed by atoms with Crippen LogP contribution in [0.5, 0.6) is 28.7 Å². The standard InChI is InChI=1S/C26H40N2O7S/c1-19(2)28(36(29,30)24-13-12-22(32-5)25(34-7)26(24)35-8)16-9-15-27(3)17-14-20-10-11-21(31-4)23(18-20)33-6/h10-13,18-19H,9,14-17H2,1-8H3. The predicted molar refractivity (Wildman–Crippen MR) is 140 cm³/mol. The SMILES string of the molecule is COc1ccc(CCN(C)CCCN(C(C)C)S(=O)(=O)c2ccc(OC)c(OC)c2OC)cc1OC. The van der Waals surface area contributed by atoms with Crippen molar-refractivity contribution in [2.24, 2.45) is 0 Å². The van der Waals surface area contributed by atoms with Crippen LogP contribution in [0.15, 0.2) is 35.2 Å².